The third kappa shape index (κ3) is 6.05. The molecular formula is C26H36F2O. The van der Waals surface area contributed by atoms with Gasteiger partial charge < -0.3 is 5.11 Å². The zero-order chi connectivity index (χ0) is 21.0. The van der Waals surface area contributed by atoms with Crippen LogP contribution < -0.4 is 0 Å². The summed E-state index contributed by atoms with van der Waals surface area (Å²) in [6.45, 7) is 5.36. The minimum Gasteiger partial charge on any atom is -0.378 e. The van der Waals surface area contributed by atoms with Crippen LogP contribution in [0.2, 0.25) is 0 Å². The van der Waals surface area contributed by atoms with E-state index in [-0.39, 0.29) is 11.5 Å². The highest BCUT2D eigenvalue weighted by molar-refractivity contribution is 5.41. The number of rotatable bonds is 4. The number of hydrogen-bond donors (Lipinski definition) is 1. The molecule has 2 fully saturated rings. The van der Waals surface area contributed by atoms with Crippen LogP contribution in [0.5, 0.6) is 0 Å². The molecule has 3 rings (SSSR count). The van der Waals surface area contributed by atoms with Crippen molar-refractivity contribution >= 4 is 0 Å². The molecular weight excluding hydrogens is 366 g/mol. The summed E-state index contributed by atoms with van der Waals surface area (Å²) >= 11 is 0. The zero-order valence-corrected chi connectivity index (χ0v) is 18.2. The topological polar surface area (TPSA) is 20.2 Å². The maximum Gasteiger partial charge on any atom is 0.174 e. The van der Waals surface area contributed by atoms with Gasteiger partial charge in [0.1, 0.15) is 5.60 Å². The smallest absolute Gasteiger partial charge is 0.174 e. The average molecular weight is 403 g/mol. The van der Waals surface area contributed by atoms with Crippen LogP contribution in [0.25, 0.3) is 0 Å². The normalized spacial score (nSPS) is 27.9. The molecule has 0 bridgehead atoms. The van der Waals surface area contributed by atoms with Crippen molar-refractivity contribution in [3.63, 3.8) is 0 Å². The van der Waals surface area contributed by atoms with Gasteiger partial charge in [-0.3, -0.25) is 0 Å². The van der Waals surface area contributed by atoms with E-state index >= 15 is 0 Å². The molecule has 29 heavy (non-hydrogen) atoms. The quantitative estimate of drug-likeness (QED) is 0.539. The van der Waals surface area contributed by atoms with E-state index in [2.05, 4.69) is 18.8 Å². The molecule has 2 saturated carbocycles. The molecule has 0 aliphatic heterocycles. The summed E-state index contributed by atoms with van der Waals surface area (Å²) in [6, 6.07) is 3.05. The number of benzene rings is 1. The Kier molecular flexibility index (Phi) is 7.38. The molecule has 2 aliphatic carbocycles. The first-order valence-electron chi connectivity index (χ1n) is 11.5. The lowest BCUT2D eigenvalue weighted by molar-refractivity contribution is 0.143. The van der Waals surface area contributed by atoms with E-state index in [4.69, 9.17) is 0 Å². The summed E-state index contributed by atoms with van der Waals surface area (Å²) in [6.07, 6.45) is 12.7. The molecule has 0 saturated heterocycles. The molecule has 1 aromatic carbocycles. The van der Waals surface area contributed by atoms with E-state index in [1.54, 1.807) is 6.07 Å². The van der Waals surface area contributed by atoms with Crippen molar-refractivity contribution in [2.75, 3.05) is 0 Å². The second-order valence-corrected chi connectivity index (χ2v) is 9.85. The van der Waals surface area contributed by atoms with Crippen molar-refractivity contribution in [3.8, 4) is 11.8 Å². The van der Waals surface area contributed by atoms with E-state index in [1.807, 2.05) is 0 Å². The Labute approximate surface area is 175 Å². The van der Waals surface area contributed by atoms with E-state index in [0.29, 0.717) is 0 Å². The largest absolute Gasteiger partial charge is 0.378 e. The van der Waals surface area contributed by atoms with Crippen LogP contribution >= 0.6 is 0 Å². The van der Waals surface area contributed by atoms with Gasteiger partial charge in [0.2, 0.25) is 0 Å². The number of hydrogen-bond acceptors (Lipinski definition) is 1. The van der Waals surface area contributed by atoms with Crippen LogP contribution in [0, 0.1) is 41.2 Å². The van der Waals surface area contributed by atoms with Crippen molar-refractivity contribution in [1.82, 2.24) is 0 Å². The molecule has 3 heteroatoms. The fourth-order valence-corrected chi connectivity index (χ4v) is 5.44. The van der Waals surface area contributed by atoms with Crippen LogP contribution in [-0.2, 0) is 0 Å². The Morgan fingerprint density at radius 3 is 2.10 bits per heavy atom. The minimum absolute atomic E-state index is 0.0542. The second kappa shape index (κ2) is 9.61. The van der Waals surface area contributed by atoms with Crippen molar-refractivity contribution in [2.45, 2.75) is 96.5 Å². The Hall–Kier alpha value is -1.40. The standard InChI is InChI=1S/C26H36F2O/c1-4-5-18-6-8-19(9-7-18)20-10-12-21(13-11-20)23-16-22(14-15-26(2,3)29)25(28)24(27)17-23/h16-21,29H,4-13H2,1-3H3. The lowest BCUT2D eigenvalue weighted by Crippen LogP contribution is -2.25. The van der Waals surface area contributed by atoms with Crippen LogP contribution in [-0.4, -0.2) is 10.7 Å². The van der Waals surface area contributed by atoms with Crippen LogP contribution in [0.1, 0.15) is 102 Å². The van der Waals surface area contributed by atoms with Gasteiger partial charge in [0, 0.05) is 0 Å². The lowest BCUT2D eigenvalue weighted by Gasteiger charge is -2.38. The third-order valence-corrected chi connectivity index (χ3v) is 7.05. The van der Waals surface area contributed by atoms with Crippen LogP contribution in [0.3, 0.4) is 0 Å². The fourth-order valence-electron chi connectivity index (χ4n) is 5.44. The van der Waals surface area contributed by atoms with E-state index in [9.17, 15) is 13.9 Å². The maximum absolute atomic E-state index is 14.2. The SMILES string of the molecule is CCCC1CCC(C2CCC(c3cc(F)c(F)c(C#CC(C)(C)O)c3)CC2)CC1. The van der Waals surface area contributed by atoms with E-state index in [1.165, 1.54) is 71.3 Å². The molecule has 1 N–H and O–H groups in total. The van der Waals surface area contributed by atoms with E-state index < -0.39 is 17.2 Å². The molecule has 0 aromatic heterocycles. The lowest BCUT2D eigenvalue weighted by atomic mass is 9.68. The Morgan fingerprint density at radius 1 is 0.966 bits per heavy atom. The number of halogens is 2. The summed E-state index contributed by atoms with van der Waals surface area (Å²) in [5.74, 6) is 6.37. The predicted molar refractivity (Wildman–Crippen MR) is 115 cm³/mol. The minimum atomic E-state index is -1.23. The monoisotopic (exact) mass is 402 g/mol. The van der Waals surface area contributed by atoms with Crippen molar-refractivity contribution < 1.29 is 13.9 Å². The molecule has 1 aromatic rings. The van der Waals surface area contributed by atoms with Gasteiger partial charge in [-0.15, -0.1) is 0 Å². The highest BCUT2D eigenvalue weighted by Gasteiger charge is 2.31. The average Bonchev–Trinajstić information content (AvgIpc) is 2.69. The molecule has 0 spiro atoms. The molecule has 0 amide bonds. The fraction of sp³-hybridized carbons (Fsp3) is 0.692. The first-order valence-corrected chi connectivity index (χ1v) is 11.5. The summed E-state index contributed by atoms with van der Waals surface area (Å²) in [5, 5.41) is 9.77. The predicted octanol–water partition coefficient (Wildman–Crippen LogP) is 6.97. The molecule has 0 heterocycles. The van der Waals surface area contributed by atoms with Gasteiger partial charge in [0.05, 0.1) is 5.56 Å². The molecule has 2 aliphatic rings. The van der Waals surface area contributed by atoms with Gasteiger partial charge in [0.25, 0.3) is 0 Å². The summed E-state index contributed by atoms with van der Waals surface area (Å²) in [5.41, 5.74) is -0.319. The molecule has 0 unspecified atom stereocenters. The van der Waals surface area contributed by atoms with Gasteiger partial charge in [-0.25, -0.2) is 8.78 Å². The second-order valence-electron chi connectivity index (χ2n) is 9.85. The summed E-state index contributed by atoms with van der Waals surface area (Å²) in [4.78, 5) is 0. The van der Waals surface area contributed by atoms with Gasteiger partial charge >= 0.3 is 0 Å². The summed E-state index contributed by atoms with van der Waals surface area (Å²) < 4.78 is 28.3. The third-order valence-electron chi connectivity index (χ3n) is 7.05. The van der Waals surface area contributed by atoms with Crippen molar-refractivity contribution in [2.24, 2.45) is 17.8 Å². The van der Waals surface area contributed by atoms with Crippen molar-refractivity contribution in [1.29, 1.82) is 0 Å². The number of aliphatic hydroxyl groups is 1. The maximum atomic E-state index is 14.2. The zero-order valence-electron chi connectivity index (χ0n) is 18.2. The molecule has 1 nitrogen and oxygen atoms in total. The first kappa shape index (κ1) is 22.3. The highest BCUT2D eigenvalue weighted by atomic mass is 19.2. The highest BCUT2D eigenvalue weighted by Crippen LogP contribution is 2.44. The van der Waals surface area contributed by atoms with Gasteiger partial charge in [-0.05, 0) is 93.7 Å². The Balaban J connectivity index is 1.62. The van der Waals surface area contributed by atoms with Gasteiger partial charge in [-0.2, -0.15) is 0 Å². The van der Waals surface area contributed by atoms with Gasteiger partial charge in [-0.1, -0.05) is 44.4 Å². The van der Waals surface area contributed by atoms with Crippen LogP contribution in [0.15, 0.2) is 12.1 Å². The summed E-state index contributed by atoms with van der Waals surface area (Å²) in [7, 11) is 0. The molecule has 0 radical (unpaired) electrons. The van der Waals surface area contributed by atoms with Crippen molar-refractivity contribution in [3.05, 3.63) is 34.9 Å². The van der Waals surface area contributed by atoms with Crippen LogP contribution in [0.4, 0.5) is 8.78 Å². The first-order chi connectivity index (χ1) is 13.8. The Bertz CT molecular complexity index is 736. The molecule has 160 valence electrons. The Morgan fingerprint density at radius 2 is 1.55 bits per heavy atom. The molecule has 0 atom stereocenters. The van der Waals surface area contributed by atoms with Gasteiger partial charge in [0.15, 0.2) is 11.6 Å². The van der Waals surface area contributed by atoms with E-state index in [0.717, 1.165) is 36.2 Å².